The highest BCUT2D eigenvalue weighted by Crippen LogP contribution is 2.28. The summed E-state index contributed by atoms with van der Waals surface area (Å²) in [5, 5.41) is 9.18. The molecule has 0 heterocycles. The van der Waals surface area contributed by atoms with Crippen LogP contribution in [0, 0.1) is 11.3 Å². The average Bonchev–Trinajstić information content (AvgIpc) is 2.09. The van der Waals surface area contributed by atoms with E-state index in [-0.39, 0.29) is 12.6 Å². The summed E-state index contributed by atoms with van der Waals surface area (Å²) in [5.74, 6) is -3.62. The molecule has 0 aliphatic rings. The van der Waals surface area contributed by atoms with Gasteiger partial charge in [-0.3, -0.25) is 14.4 Å². The number of hydrogen-bond acceptors (Lipinski definition) is 3. The summed E-state index contributed by atoms with van der Waals surface area (Å²) >= 11 is 0. The Morgan fingerprint density at radius 3 is 1.89 bits per heavy atom. The first kappa shape index (κ1) is 16.4. The van der Waals surface area contributed by atoms with Gasteiger partial charge in [0, 0.05) is 6.04 Å². The van der Waals surface area contributed by atoms with Crippen molar-refractivity contribution in [2.75, 3.05) is 6.54 Å². The molecule has 2 amide bonds. The van der Waals surface area contributed by atoms with E-state index in [1.54, 1.807) is 34.6 Å². The summed E-state index contributed by atoms with van der Waals surface area (Å²) in [6, 6.07) is -0.283. The van der Waals surface area contributed by atoms with Gasteiger partial charge in [-0.2, -0.15) is 0 Å². The van der Waals surface area contributed by atoms with E-state index in [4.69, 9.17) is 5.73 Å². The first-order chi connectivity index (χ1) is 7.98. The van der Waals surface area contributed by atoms with Crippen LogP contribution in [0.25, 0.3) is 0 Å². The number of carbonyl (C=O) groups is 3. The van der Waals surface area contributed by atoms with Crippen molar-refractivity contribution in [1.29, 1.82) is 0 Å². The summed E-state index contributed by atoms with van der Waals surface area (Å²) in [4.78, 5) is 35.6. The van der Waals surface area contributed by atoms with Crippen molar-refractivity contribution in [3.05, 3.63) is 0 Å². The van der Waals surface area contributed by atoms with E-state index in [0.29, 0.717) is 0 Å². The highest BCUT2D eigenvalue weighted by Gasteiger charge is 2.41. The molecular formula is C12H22N2O4. The predicted molar refractivity (Wildman–Crippen MR) is 66.6 cm³/mol. The van der Waals surface area contributed by atoms with Crippen molar-refractivity contribution in [2.45, 2.75) is 40.7 Å². The molecule has 0 saturated heterocycles. The van der Waals surface area contributed by atoms with Crippen molar-refractivity contribution in [3.8, 4) is 0 Å². The lowest BCUT2D eigenvalue weighted by Gasteiger charge is -2.33. The molecule has 0 saturated carbocycles. The number of carboxylic acids is 1. The fourth-order valence-electron chi connectivity index (χ4n) is 1.70. The molecule has 1 atom stereocenters. The second-order valence-electron chi connectivity index (χ2n) is 5.66. The molecule has 104 valence electrons. The van der Waals surface area contributed by atoms with Crippen LogP contribution < -0.4 is 5.73 Å². The van der Waals surface area contributed by atoms with Gasteiger partial charge in [-0.1, -0.05) is 20.8 Å². The number of rotatable bonds is 5. The molecule has 0 aromatic heterocycles. The van der Waals surface area contributed by atoms with E-state index in [1.165, 1.54) is 4.90 Å². The van der Waals surface area contributed by atoms with E-state index in [0.717, 1.165) is 0 Å². The maximum absolute atomic E-state index is 12.2. The number of primary amides is 1. The Kier molecular flexibility index (Phi) is 5.32. The van der Waals surface area contributed by atoms with Crippen LogP contribution in [-0.2, 0) is 14.4 Å². The molecule has 0 aromatic rings. The molecule has 6 heteroatoms. The molecule has 1 unspecified atom stereocenters. The average molecular weight is 258 g/mol. The van der Waals surface area contributed by atoms with Crippen LogP contribution in [-0.4, -0.2) is 40.4 Å². The van der Waals surface area contributed by atoms with Crippen LogP contribution in [0.1, 0.15) is 34.6 Å². The minimum Gasteiger partial charge on any atom is -0.481 e. The van der Waals surface area contributed by atoms with Gasteiger partial charge in [0.1, 0.15) is 5.92 Å². The van der Waals surface area contributed by atoms with E-state index < -0.39 is 29.1 Å². The van der Waals surface area contributed by atoms with Crippen LogP contribution in [0.4, 0.5) is 0 Å². The van der Waals surface area contributed by atoms with Crippen LogP contribution in [0.3, 0.4) is 0 Å². The van der Waals surface area contributed by atoms with Crippen molar-refractivity contribution < 1.29 is 19.5 Å². The van der Waals surface area contributed by atoms with Crippen LogP contribution in [0.2, 0.25) is 0 Å². The number of nitrogens with two attached hydrogens (primary N) is 1. The summed E-state index contributed by atoms with van der Waals surface area (Å²) in [5.41, 5.74) is 4.35. The number of aliphatic carboxylic acids is 1. The number of carboxylic acid groups (broad SMARTS) is 1. The molecule has 0 aliphatic carbocycles. The highest BCUT2D eigenvalue weighted by atomic mass is 16.4. The molecule has 6 nitrogen and oxygen atoms in total. The second kappa shape index (κ2) is 5.84. The van der Waals surface area contributed by atoms with E-state index in [9.17, 15) is 19.5 Å². The topological polar surface area (TPSA) is 101 Å². The van der Waals surface area contributed by atoms with Crippen LogP contribution in [0.15, 0.2) is 0 Å². The standard InChI is InChI=1S/C12H22N2O4/c1-7(2)14(6-8(13)15)10(16)9(11(17)18)12(3,4)5/h7,9H,6H2,1-5H3,(H2,13,15)(H,17,18). The highest BCUT2D eigenvalue weighted by molar-refractivity contribution is 5.99. The molecule has 0 aliphatic heterocycles. The first-order valence-corrected chi connectivity index (χ1v) is 5.80. The minimum absolute atomic E-state index is 0.267. The third kappa shape index (κ3) is 4.35. The summed E-state index contributed by atoms with van der Waals surface area (Å²) in [6.07, 6.45) is 0. The maximum atomic E-state index is 12.2. The molecule has 0 bridgehead atoms. The van der Waals surface area contributed by atoms with Gasteiger partial charge in [-0.05, 0) is 19.3 Å². The summed E-state index contributed by atoms with van der Waals surface area (Å²) < 4.78 is 0. The second-order valence-corrected chi connectivity index (χ2v) is 5.66. The summed E-state index contributed by atoms with van der Waals surface area (Å²) in [7, 11) is 0. The smallest absolute Gasteiger partial charge is 0.316 e. The molecule has 0 aromatic carbocycles. The normalized spacial score (nSPS) is 13.2. The Morgan fingerprint density at radius 2 is 1.67 bits per heavy atom. The van der Waals surface area contributed by atoms with Gasteiger partial charge in [-0.15, -0.1) is 0 Å². The molecular weight excluding hydrogens is 236 g/mol. The lowest BCUT2D eigenvalue weighted by Crippen LogP contribution is -2.50. The quantitative estimate of drug-likeness (QED) is 0.699. The largest absolute Gasteiger partial charge is 0.481 e. The van der Waals surface area contributed by atoms with Crippen molar-refractivity contribution in [2.24, 2.45) is 17.1 Å². The van der Waals surface area contributed by atoms with Gasteiger partial charge in [0.25, 0.3) is 0 Å². The molecule has 0 spiro atoms. The lowest BCUT2D eigenvalue weighted by molar-refractivity contribution is -0.158. The zero-order valence-electron chi connectivity index (χ0n) is 11.6. The Balaban J connectivity index is 5.27. The fourth-order valence-corrected chi connectivity index (χ4v) is 1.70. The summed E-state index contributed by atoms with van der Waals surface area (Å²) in [6.45, 7) is 8.17. The Labute approximate surface area is 107 Å². The first-order valence-electron chi connectivity index (χ1n) is 5.80. The molecule has 0 fully saturated rings. The van der Waals surface area contributed by atoms with Gasteiger partial charge in [0.2, 0.25) is 11.8 Å². The van der Waals surface area contributed by atoms with E-state index >= 15 is 0 Å². The fraction of sp³-hybridized carbons (Fsp3) is 0.750. The lowest BCUT2D eigenvalue weighted by atomic mass is 9.79. The molecule has 18 heavy (non-hydrogen) atoms. The number of nitrogens with zero attached hydrogens (tertiary/aromatic N) is 1. The van der Waals surface area contributed by atoms with Gasteiger partial charge in [0.15, 0.2) is 0 Å². The predicted octanol–water partition coefficient (Wildman–Crippen LogP) is 0.456. The number of amides is 2. The Bertz CT molecular complexity index is 344. The zero-order chi connectivity index (χ0) is 14.7. The third-order valence-electron chi connectivity index (χ3n) is 2.59. The maximum Gasteiger partial charge on any atom is 0.316 e. The molecule has 0 radical (unpaired) electrons. The van der Waals surface area contributed by atoms with E-state index in [1.807, 2.05) is 0 Å². The molecule has 0 rings (SSSR count). The molecule has 3 N–H and O–H groups in total. The van der Waals surface area contributed by atoms with Crippen LogP contribution in [0.5, 0.6) is 0 Å². The van der Waals surface area contributed by atoms with Crippen molar-refractivity contribution >= 4 is 17.8 Å². The number of hydrogen-bond donors (Lipinski definition) is 2. The van der Waals surface area contributed by atoms with Crippen LogP contribution >= 0.6 is 0 Å². The van der Waals surface area contributed by atoms with Gasteiger partial charge in [0.05, 0.1) is 6.54 Å². The van der Waals surface area contributed by atoms with E-state index in [2.05, 4.69) is 0 Å². The van der Waals surface area contributed by atoms with Gasteiger partial charge in [-0.25, -0.2) is 0 Å². The number of carbonyl (C=O) groups excluding carboxylic acids is 2. The van der Waals surface area contributed by atoms with Crippen molar-refractivity contribution in [3.63, 3.8) is 0 Å². The minimum atomic E-state index is -1.20. The Morgan fingerprint density at radius 1 is 1.22 bits per heavy atom. The van der Waals surface area contributed by atoms with Crippen molar-refractivity contribution in [1.82, 2.24) is 4.90 Å². The van der Waals surface area contributed by atoms with Gasteiger partial charge >= 0.3 is 5.97 Å². The van der Waals surface area contributed by atoms with Gasteiger partial charge < -0.3 is 15.7 Å². The Hall–Kier alpha value is -1.59. The monoisotopic (exact) mass is 258 g/mol. The third-order valence-corrected chi connectivity index (χ3v) is 2.59. The zero-order valence-corrected chi connectivity index (χ0v) is 11.6. The SMILES string of the molecule is CC(C)N(CC(N)=O)C(=O)C(C(=O)O)C(C)(C)C.